The average molecular weight is 418 g/mol. The van der Waals surface area contributed by atoms with Gasteiger partial charge in [-0.05, 0) is 30.7 Å². The van der Waals surface area contributed by atoms with Gasteiger partial charge in [0.2, 0.25) is 5.91 Å². The summed E-state index contributed by atoms with van der Waals surface area (Å²) in [5.41, 5.74) is 1.88. The van der Waals surface area contributed by atoms with Crippen LogP contribution in [0, 0.1) is 12.7 Å². The van der Waals surface area contributed by atoms with Gasteiger partial charge in [-0.2, -0.15) is 0 Å². The lowest BCUT2D eigenvalue weighted by molar-refractivity contribution is -0.117. The Hall–Kier alpha value is -3.21. The molecule has 2 aromatic rings. The molecule has 11 heteroatoms. The van der Waals surface area contributed by atoms with Gasteiger partial charge in [-0.1, -0.05) is 0 Å². The van der Waals surface area contributed by atoms with E-state index in [1.54, 1.807) is 38.5 Å². The SMILES string of the molecule is Cc1cc(-c2csc(NC(=O)CN3C(=O)N[C@H]4[C@@H]3N(C)C(=O)N4C)n2)ccc1F. The number of aryl methyl sites for hydroxylation is 1. The highest BCUT2D eigenvalue weighted by Crippen LogP contribution is 2.28. The van der Waals surface area contributed by atoms with Crippen LogP contribution in [0.3, 0.4) is 0 Å². The van der Waals surface area contributed by atoms with Crippen molar-refractivity contribution in [2.24, 2.45) is 0 Å². The number of hydrogen-bond acceptors (Lipinski definition) is 5. The zero-order chi connectivity index (χ0) is 20.9. The molecular weight excluding hydrogens is 399 g/mol. The molecule has 2 N–H and O–H groups in total. The number of carbonyl (C=O) groups is 3. The molecule has 1 aromatic heterocycles. The van der Waals surface area contributed by atoms with E-state index in [-0.39, 0.29) is 18.4 Å². The van der Waals surface area contributed by atoms with Gasteiger partial charge < -0.3 is 20.4 Å². The van der Waals surface area contributed by atoms with Crippen LogP contribution in [-0.4, -0.2) is 70.6 Å². The number of carbonyl (C=O) groups excluding carboxylic acids is 3. The van der Waals surface area contributed by atoms with E-state index >= 15 is 0 Å². The van der Waals surface area contributed by atoms with Crippen LogP contribution in [0.2, 0.25) is 0 Å². The summed E-state index contributed by atoms with van der Waals surface area (Å²) in [5.74, 6) is -0.715. The lowest BCUT2D eigenvalue weighted by atomic mass is 10.1. The van der Waals surface area contributed by atoms with Gasteiger partial charge in [0.25, 0.3) is 0 Å². The number of rotatable bonds is 4. The van der Waals surface area contributed by atoms with E-state index < -0.39 is 24.3 Å². The van der Waals surface area contributed by atoms with Gasteiger partial charge >= 0.3 is 12.1 Å². The van der Waals surface area contributed by atoms with Crippen LogP contribution in [0.5, 0.6) is 0 Å². The molecule has 0 radical (unpaired) electrons. The summed E-state index contributed by atoms with van der Waals surface area (Å²) in [6.07, 6.45) is -1.05. The summed E-state index contributed by atoms with van der Waals surface area (Å²) in [5, 5.41) is 7.52. The number of nitrogens with one attached hydrogen (secondary N) is 2. The minimum Gasteiger partial charge on any atom is -0.314 e. The van der Waals surface area contributed by atoms with Gasteiger partial charge in [-0.15, -0.1) is 11.3 Å². The Labute approximate surface area is 170 Å². The third-order valence-electron chi connectivity index (χ3n) is 5.07. The normalized spacial score (nSPS) is 20.9. The van der Waals surface area contributed by atoms with Crippen LogP contribution in [0.25, 0.3) is 11.3 Å². The molecule has 9 nitrogen and oxygen atoms in total. The van der Waals surface area contributed by atoms with Crippen LogP contribution in [-0.2, 0) is 4.79 Å². The molecule has 3 heterocycles. The van der Waals surface area contributed by atoms with Crippen molar-refractivity contribution in [3.05, 3.63) is 35.0 Å². The number of likely N-dealkylation sites (N-methyl/N-ethyl adjacent to an activating group) is 2. The second kappa shape index (κ2) is 6.99. The van der Waals surface area contributed by atoms with Crippen molar-refractivity contribution in [3.8, 4) is 11.3 Å². The predicted molar refractivity (Wildman–Crippen MR) is 105 cm³/mol. The first-order chi connectivity index (χ1) is 13.8. The number of halogens is 1. The summed E-state index contributed by atoms with van der Waals surface area (Å²) in [6.45, 7) is 1.45. The minimum absolute atomic E-state index is 0.219. The molecule has 152 valence electrons. The fourth-order valence-electron chi connectivity index (χ4n) is 3.52. The number of aromatic nitrogens is 1. The van der Waals surface area contributed by atoms with Crippen molar-refractivity contribution in [1.29, 1.82) is 0 Å². The van der Waals surface area contributed by atoms with Crippen molar-refractivity contribution in [2.45, 2.75) is 19.3 Å². The van der Waals surface area contributed by atoms with Crippen LogP contribution < -0.4 is 10.6 Å². The number of benzene rings is 1. The maximum atomic E-state index is 13.4. The number of anilines is 1. The summed E-state index contributed by atoms with van der Waals surface area (Å²) in [6, 6.07) is 4.05. The molecule has 5 amide bonds. The molecule has 29 heavy (non-hydrogen) atoms. The molecule has 0 saturated carbocycles. The Kier molecular flexibility index (Phi) is 4.61. The second-order valence-corrected chi connectivity index (χ2v) is 7.85. The molecule has 0 aliphatic carbocycles. The first kappa shape index (κ1) is 19.1. The summed E-state index contributed by atoms with van der Waals surface area (Å²) in [7, 11) is 3.19. The molecule has 0 unspecified atom stereocenters. The molecule has 2 atom stereocenters. The second-order valence-electron chi connectivity index (χ2n) is 6.99. The number of nitrogens with zero attached hydrogens (tertiary/aromatic N) is 4. The maximum absolute atomic E-state index is 13.4. The van der Waals surface area contributed by atoms with Gasteiger partial charge in [0.1, 0.15) is 24.7 Å². The van der Waals surface area contributed by atoms with Gasteiger partial charge in [0.15, 0.2) is 5.13 Å². The fraction of sp³-hybridized carbons (Fsp3) is 0.333. The van der Waals surface area contributed by atoms with Crippen LogP contribution in [0.1, 0.15) is 5.56 Å². The lowest BCUT2D eigenvalue weighted by Gasteiger charge is -2.25. The Balaban J connectivity index is 1.44. The summed E-state index contributed by atoms with van der Waals surface area (Å²) in [4.78, 5) is 45.3. The summed E-state index contributed by atoms with van der Waals surface area (Å²) < 4.78 is 13.4. The van der Waals surface area contributed by atoms with E-state index in [1.807, 2.05) is 0 Å². The van der Waals surface area contributed by atoms with E-state index in [1.165, 1.54) is 32.1 Å². The molecule has 0 spiro atoms. The topological polar surface area (TPSA) is 97.9 Å². The highest BCUT2D eigenvalue weighted by atomic mass is 32.1. The van der Waals surface area contributed by atoms with Crippen LogP contribution >= 0.6 is 11.3 Å². The van der Waals surface area contributed by atoms with Crippen molar-refractivity contribution in [3.63, 3.8) is 0 Å². The van der Waals surface area contributed by atoms with E-state index in [0.717, 1.165) is 5.56 Å². The third-order valence-corrected chi connectivity index (χ3v) is 5.83. The average Bonchev–Trinajstić information content (AvgIpc) is 3.32. The number of urea groups is 2. The summed E-state index contributed by atoms with van der Waals surface area (Å²) >= 11 is 1.23. The number of amides is 5. The standard InChI is InChI=1S/C18H19FN6O3S/c1-9-6-10(4-5-11(9)19)12-8-29-16(20-12)21-13(26)7-25-15-14(22-17(25)27)23(2)18(28)24(15)3/h4-6,8,14-15H,7H2,1-3H3,(H,22,27)(H,20,21,26)/t14-,15-/m1/s1. The van der Waals surface area contributed by atoms with Crippen molar-refractivity contribution in [1.82, 2.24) is 25.0 Å². The zero-order valence-electron chi connectivity index (χ0n) is 16.0. The number of thiazole rings is 1. The zero-order valence-corrected chi connectivity index (χ0v) is 16.8. The van der Waals surface area contributed by atoms with Gasteiger partial charge in [0.05, 0.1) is 5.69 Å². The number of fused-ring (bicyclic) bond motifs is 1. The van der Waals surface area contributed by atoms with Crippen LogP contribution in [0.4, 0.5) is 19.1 Å². The van der Waals surface area contributed by atoms with Gasteiger partial charge in [-0.3, -0.25) is 9.69 Å². The Morgan fingerprint density at radius 1 is 1.31 bits per heavy atom. The number of hydrogen-bond donors (Lipinski definition) is 2. The highest BCUT2D eigenvalue weighted by molar-refractivity contribution is 7.14. The first-order valence-electron chi connectivity index (χ1n) is 8.85. The molecule has 2 saturated heterocycles. The van der Waals surface area contributed by atoms with E-state index in [2.05, 4.69) is 15.6 Å². The molecule has 1 aromatic carbocycles. The quantitative estimate of drug-likeness (QED) is 0.792. The van der Waals surface area contributed by atoms with E-state index in [0.29, 0.717) is 16.4 Å². The van der Waals surface area contributed by atoms with E-state index in [9.17, 15) is 18.8 Å². The van der Waals surface area contributed by atoms with Crippen molar-refractivity contribution >= 4 is 34.4 Å². The molecule has 2 aliphatic heterocycles. The largest absolute Gasteiger partial charge is 0.323 e. The minimum atomic E-state index is -0.556. The highest BCUT2D eigenvalue weighted by Gasteiger charge is 2.52. The Morgan fingerprint density at radius 2 is 2.07 bits per heavy atom. The van der Waals surface area contributed by atoms with Gasteiger partial charge in [-0.25, -0.2) is 19.0 Å². The molecule has 2 aliphatic rings. The van der Waals surface area contributed by atoms with Gasteiger partial charge in [0, 0.05) is 25.0 Å². The Morgan fingerprint density at radius 3 is 2.79 bits per heavy atom. The molecule has 2 fully saturated rings. The lowest BCUT2D eigenvalue weighted by Crippen LogP contribution is -2.47. The van der Waals surface area contributed by atoms with E-state index in [4.69, 9.17) is 0 Å². The fourth-order valence-corrected chi connectivity index (χ4v) is 4.26. The maximum Gasteiger partial charge on any atom is 0.323 e. The predicted octanol–water partition coefficient (Wildman–Crippen LogP) is 1.87. The smallest absolute Gasteiger partial charge is 0.314 e. The Bertz CT molecular complexity index is 1010. The molecule has 4 rings (SSSR count). The monoisotopic (exact) mass is 418 g/mol. The molecular formula is C18H19FN6O3S. The third kappa shape index (κ3) is 3.27. The molecule has 0 bridgehead atoms. The van der Waals surface area contributed by atoms with Crippen LogP contribution in [0.15, 0.2) is 23.6 Å². The first-order valence-corrected chi connectivity index (χ1v) is 9.73. The van der Waals surface area contributed by atoms with Crippen molar-refractivity contribution in [2.75, 3.05) is 26.0 Å². The van der Waals surface area contributed by atoms with Crippen molar-refractivity contribution < 1.29 is 18.8 Å².